The van der Waals surface area contributed by atoms with Crippen molar-refractivity contribution < 1.29 is 0 Å². The largest absolute Gasteiger partial charge is 0.307 e. The van der Waals surface area contributed by atoms with E-state index < -0.39 is 0 Å². The molecule has 1 aromatic carbocycles. The molecule has 0 bridgehead atoms. The summed E-state index contributed by atoms with van der Waals surface area (Å²) < 4.78 is 4.93. The molecule has 7 nitrogen and oxygen atoms in total. The van der Waals surface area contributed by atoms with Gasteiger partial charge in [-0.3, -0.25) is 9.36 Å². The molecular weight excluding hydrogens is 477 g/mol. The highest BCUT2D eigenvalue weighted by Gasteiger charge is 2.30. The van der Waals surface area contributed by atoms with Crippen molar-refractivity contribution >= 4 is 34.4 Å². The molecule has 0 amide bonds. The van der Waals surface area contributed by atoms with Gasteiger partial charge in [0.1, 0.15) is 0 Å². The minimum atomic E-state index is 0.320. The van der Waals surface area contributed by atoms with Crippen LogP contribution in [0.1, 0.15) is 24.1 Å². The van der Waals surface area contributed by atoms with Crippen molar-refractivity contribution in [3.8, 4) is 22.5 Å². The molecule has 0 saturated heterocycles. The van der Waals surface area contributed by atoms with Gasteiger partial charge in [0.15, 0.2) is 5.82 Å². The zero-order valence-corrected chi connectivity index (χ0v) is 18.5. The fourth-order valence-corrected chi connectivity index (χ4v) is 4.28. The predicted molar refractivity (Wildman–Crippen MR) is 121 cm³/mol. The number of fused-ring (bicyclic) bond motifs is 3. The molecule has 0 aliphatic heterocycles. The predicted octanol–water partition coefficient (Wildman–Crippen LogP) is 4.29. The van der Waals surface area contributed by atoms with Gasteiger partial charge in [0.2, 0.25) is 5.95 Å². The summed E-state index contributed by atoms with van der Waals surface area (Å²) in [6.07, 6.45) is 4.71. The Bertz CT molecular complexity index is 1210. The van der Waals surface area contributed by atoms with Gasteiger partial charge in [-0.2, -0.15) is 10.2 Å². The van der Waals surface area contributed by atoms with E-state index in [1.54, 1.807) is 4.68 Å². The second kappa shape index (κ2) is 6.94. The number of anilines is 2. The fraction of sp³-hybridized carbons (Fsp3) is 0.238. The zero-order valence-electron chi connectivity index (χ0n) is 16.4. The molecular formula is C21H20IN7. The first-order chi connectivity index (χ1) is 14.0. The summed E-state index contributed by atoms with van der Waals surface area (Å²) in [7, 11) is 3.89. The molecule has 1 N–H and O–H groups in total. The average molecular weight is 497 g/mol. The number of halogens is 1. The van der Waals surface area contributed by atoms with Gasteiger partial charge in [0.05, 0.1) is 17.1 Å². The Kier molecular flexibility index (Phi) is 4.38. The van der Waals surface area contributed by atoms with Crippen LogP contribution in [0.25, 0.3) is 22.5 Å². The molecule has 5 rings (SSSR count). The number of benzene rings is 1. The van der Waals surface area contributed by atoms with Crippen LogP contribution in [0.2, 0.25) is 0 Å². The van der Waals surface area contributed by atoms with Crippen molar-refractivity contribution in [2.24, 2.45) is 14.1 Å². The Morgan fingerprint density at radius 1 is 1.10 bits per heavy atom. The van der Waals surface area contributed by atoms with Gasteiger partial charge in [-0.1, -0.05) is 19.1 Å². The third-order valence-electron chi connectivity index (χ3n) is 5.28. The highest BCUT2D eigenvalue weighted by atomic mass is 127. The number of hydrogen-bond acceptors (Lipinski definition) is 5. The molecule has 0 fully saturated rings. The Morgan fingerprint density at radius 2 is 1.90 bits per heavy atom. The summed E-state index contributed by atoms with van der Waals surface area (Å²) in [6.45, 7) is 2.20. The molecule has 4 aromatic rings. The average Bonchev–Trinajstić information content (AvgIpc) is 3.24. The maximum absolute atomic E-state index is 4.90. The van der Waals surface area contributed by atoms with E-state index >= 15 is 0 Å². The van der Waals surface area contributed by atoms with Crippen molar-refractivity contribution in [1.29, 1.82) is 0 Å². The SMILES string of the molecule is CC1Cc2nn(C)c(-c3ccc(I)cc3)c2-c2nc(Nc3ccn(C)n3)ncc21. The Morgan fingerprint density at radius 3 is 2.62 bits per heavy atom. The summed E-state index contributed by atoms with van der Waals surface area (Å²) in [6, 6.07) is 10.4. The lowest BCUT2D eigenvalue weighted by Gasteiger charge is -2.22. The van der Waals surface area contributed by atoms with E-state index in [-0.39, 0.29) is 0 Å². The molecule has 3 aromatic heterocycles. The summed E-state index contributed by atoms with van der Waals surface area (Å²) in [5.74, 6) is 1.58. The third kappa shape index (κ3) is 3.21. The quantitative estimate of drug-likeness (QED) is 0.428. The minimum Gasteiger partial charge on any atom is -0.307 e. The number of rotatable bonds is 3. The van der Waals surface area contributed by atoms with Gasteiger partial charge in [-0.15, -0.1) is 0 Å². The first-order valence-corrected chi connectivity index (χ1v) is 10.5. The van der Waals surface area contributed by atoms with Gasteiger partial charge in [-0.05, 0) is 47.1 Å². The second-order valence-electron chi connectivity index (χ2n) is 7.40. The van der Waals surface area contributed by atoms with Crippen LogP contribution < -0.4 is 5.32 Å². The van der Waals surface area contributed by atoms with Gasteiger partial charge < -0.3 is 5.32 Å². The van der Waals surface area contributed by atoms with E-state index in [0.29, 0.717) is 11.9 Å². The van der Waals surface area contributed by atoms with E-state index in [1.165, 1.54) is 3.57 Å². The van der Waals surface area contributed by atoms with Gasteiger partial charge >= 0.3 is 0 Å². The van der Waals surface area contributed by atoms with E-state index in [9.17, 15) is 0 Å². The second-order valence-corrected chi connectivity index (χ2v) is 8.65. The van der Waals surface area contributed by atoms with E-state index in [1.807, 2.05) is 37.2 Å². The first kappa shape index (κ1) is 18.3. The number of nitrogens with one attached hydrogen (secondary N) is 1. The van der Waals surface area contributed by atoms with Crippen LogP contribution in [0.3, 0.4) is 0 Å². The molecule has 1 aliphatic rings. The highest BCUT2D eigenvalue weighted by Crippen LogP contribution is 2.43. The van der Waals surface area contributed by atoms with E-state index in [2.05, 4.69) is 69.2 Å². The van der Waals surface area contributed by atoms with Gasteiger partial charge in [0, 0.05) is 52.8 Å². The molecule has 146 valence electrons. The topological polar surface area (TPSA) is 73.5 Å². The maximum atomic E-state index is 4.90. The highest BCUT2D eigenvalue weighted by molar-refractivity contribution is 14.1. The number of aryl methyl sites for hydroxylation is 2. The lowest BCUT2D eigenvalue weighted by Crippen LogP contribution is -2.12. The zero-order chi connectivity index (χ0) is 20.1. The van der Waals surface area contributed by atoms with Crippen molar-refractivity contribution in [3.05, 3.63) is 57.6 Å². The Balaban J connectivity index is 1.65. The van der Waals surface area contributed by atoms with Crippen LogP contribution in [0.4, 0.5) is 11.8 Å². The van der Waals surface area contributed by atoms with Crippen molar-refractivity contribution in [2.45, 2.75) is 19.3 Å². The Labute approximate surface area is 182 Å². The first-order valence-electron chi connectivity index (χ1n) is 9.45. The summed E-state index contributed by atoms with van der Waals surface area (Å²) in [5.41, 5.74) is 6.53. The third-order valence-corrected chi connectivity index (χ3v) is 5.99. The molecule has 1 unspecified atom stereocenters. The Hall–Kier alpha value is -2.75. The lowest BCUT2D eigenvalue weighted by molar-refractivity contribution is 0.688. The number of nitrogens with zero attached hydrogens (tertiary/aromatic N) is 6. The molecule has 29 heavy (non-hydrogen) atoms. The number of hydrogen-bond donors (Lipinski definition) is 1. The van der Waals surface area contributed by atoms with Crippen LogP contribution in [-0.2, 0) is 20.5 Å². The van der Waals surface area contributed by atoms with Crippen molar-refractivity contribution in [3.63, 3.8) is 0 Å². The van der Waals surface area contributed by atoms with E-state index in [0.717, 1.165) is 46.0 Å². The van der Waals surface area contributed by atoms with Crippen LogP contribution in [0.5, 0.6) is 0 Å². The standard InChI is InChI=1S/C21H20IN7/c1-12-10-16-18(20(29(3)26-16)13-4-6-14(22)7-5-13)19-15(12)11-23-21(25-19)24-17-8-9-28(2)27-17/h4-9,11-12H,10H2,1-3H3,(H,23,24,25,27). The maximum Gasteiger partial charge on any atom is 0.228 e. The lowest BCUT2D eigenvalue weighted by atomic mass is 9.85. The molecule has 3 heterocycles. The van der Waals surface area contributed by atoms with Crippen LogP contribution >= 0.6 is 22.6 Å². The molecule has 8 heteroatoms. The monoisotopic (exact) mass is 497 g/mol. The smallest absolute Gasteiger partial charge is 0.228 e. The van der Waals surface area contributed by atoms with Crippen LogP contribution in [-0.4, -0.2) is 29.5 Å². The summed E-state index contributed by atoms with van der Waals surface area (Å²) in [4.78, 5) is 9.44. The molecule has 0 saturated carbocycles. The van der Waals surface area contributed by atoms with Crippen LogP contribution in [0, 0.1) is 3.57 Å². The van der Waals surface area contributed by atoms with Gasteiger partial charge in [-0.25, -0.2) is 9.97 Å². The normalized spacial score (nSPS) is 15.1. The summed E-state index contributed by atoms with van der Waals surface area (Å²) >= 11 is 2.33. The molecule has 1 atom stereocenters. The molecule has 0 spiro atoms. The number of aromatic nitrogens is 6. The van der Waals surface area contributed by atoms with Gasteiger partial charge in [0.25, 0.3) is 0 Å². The fourth-order valence-electron chi connectivity index (χ4n) is 3.92. The van der Waals surface area contributed by atoms with Crippen molar-refractivity contribution in [1.82, 2.24) is 29.5 Å². The molecule has 0 radical (unpaired) electrons. The van der Waals surface area contributed by atoms with Crippen LogP contribution in [0.15, 0.2) is 42.7 Å². The van der Waals surface area contributed by atoms with E-state index in [4.69, 9.17) is 10.1 Å². The van der Waals surface area contributed by atoms with Crippen molar-refractivity contribution in [2.75, 3.05) is 5.32 Å². The minimum absolute atomic E-state index is 0.320. The summed E-state index contributed by atoms with van der Waals surface area (Å²) in [5, 5.41) is 12.4. The molecule has 1 aliphatic carbocycles.